The summed E-state index contributed by atoms with van der Waals surface area (Å²) in [6.07, 6.45) is 6.26. The fourth-order valence-electron chi connectivity index (χ4n) is 1.43. The average Bonchev–Trinajstić information content (AvgIpc) is 2.78. The fourth-order valence-corrected chi connectivity index (χ4v) is 1.43. The van der Waals surface area contributed by atoms with Crippen molar-refractivity contribution < 1.29 is 5.11 Å². The Morgan fingerprint density at radius 3 is 2.67 bits per heavy atom. The largest absolute Gasteiger partial charge is 0.384 e. The molecule has 0 aromatic carbocycles. The van der Waals surface area contributed by atoms with Gasteiger partial charge in [0.2, 0.25) is 0 Å². The van der Waals surface area contributed by atoms with Gasteiger partial charge < -0.3 is 5.11 Å². The van der Waals surface area contributed by atoms with Gasteiger partial charge >= 0.3 is 0 Å². The second-order valence-corrected chi connectivity index (χ2v) is 3.31. The highest BCUT2D eigenvalue weighted by Crippen LogP contribution is 2.20. The number of hydrogen-bond acceptors (Lipinski definition) is 3. The van der Waals surface area contributed by atoms with E-state index in [0.29, 0.717) is 0 Å². The molecule has 1 N–H and O–H groups in total. The standard InChI is InChI=1S/C11H13N3O/c1-2-14-8-10(7-13-14)11(15)9-3-5-12-6-4-9/h3-8,11,15H,2H2,1H3. The van der Waals surface area contributed by atoms with Gasteiger partial charge in [0.15, 0.2) is 0 Å². The smallest absolute Gasteiger partial charge is 0.107 e. The maximum atomic E-state index is 10.0. The van der Waals surface area contributed by atoms with Crippen LogP contribution in [-0.2, 0) is 6.54 Å². The van der Waals surface area contributed by atoms with E-state index in [4.69, 9.17) is 0 Å². The third kappa shape index (κ3) is 2.05. The average molecular weight is 203 g/mol. The van der Waals surface area contributed by atoms with Crippen LogP contribution >= 0.6 is 0 Å². The molecule has 2 aromatic rings. The Balaban J connectivity index is 2.24. The van der Waals surface area contributed by atoms with Gasteiger partial charge in [-0.05, 0) is 24.6 Å². The van der Waals surface area contributed by atoms with E-state index in [1.165, 1.54) is 0 Å². The predicted octanol–water partition coefficient (Wildman–Crippen LogP) is 1.38. The molecule has 0 amide bonds. The summed E-state index contributed by atoms with van der Waals surface area (Å²) < 4.78 is 1.79. The molecule has 0 fully saturated rings. The summed E-state index contributed by atoms with van der Waals surface area (Å²) in [6.45, 7) is 2.82. The highest BCUT2D eigenvalue weighted by Gasteiger charge is 2.11. The van der Waals surface area contributed by atoms with Gasteiger partial charge in [0.05, 0.1) is 6.20 Å². The van der Waals surface area contributed by atoms with E-state index in [-0.39, 0.29) is 0 Å². The number of pyridine rings is 1. The van der Waals surface area contributed by atoms with Crippen molar-refractivity contribution in [3.8, 4) is 0 Å². The highest BCUT2D eigenvalue weighted by molar-refractivity contribution is 5.24. The Bertz CT molecular complexity index is 424. The SMILES string of the molecule is CCn1cc(C(O)c2ccncc2)cn1. The molecular formula is C11H13N3O. The normalized spacial score (nSPS) is 12.7. The van der Waals surface area contributed by atoms with Gasteiger partial charge in [0.1, 0.15) is 6.10 Å². The molecule has 4 nitrogen and oxygen atoms in total. The van der Waals surface area contributed by atoms with Gasteiger partial charge in [-0.1, -0.05) is 0 Å². The predicted molar refractivity (Wildman–Crippen MR) is 56.2 cm³/mol. The molecule has 0 aliphatic heterocycles. The Hall–Kier alpha value is -1.68. The number of aliphatic hydroxyl groups excluding tert-OH is 1. The Morgan fingerprint density at radius 1 is 1.33 bits per heavy atom. The van der Waals surface area contributed by atoms with Crippen molar-refractivity contribution in [3.05, 3.63) is 48.0 Å². The van der Waals surface area contributed by atoms with Gasteiger partial charge in [-0.3, -0.25) is 9.67 Å². The van der Waals surface area contributed by atoms with Crippen LogP contribution in [0.3, 0.4) is 0 Å². The summed E-state index contributed by atoms with van der Waals surface area (Å²) in [4.78, 5) is 3.91. The van der Waals surface area contributed by atoms with E-state index < -0.39 is 6.10 Å². The van der Waals surface area contributed by atoms with Crippen LogP contribution in [-0.4, -0.2) is 19.9 Å². The minimum Gasteiger partial charge on any atom is -0.384 e. The van der Waals surface area contributed by atoms with E-state index >= 15 is 0 Å². The second kappa shape index (κ2) is 4.23. The van der Waals surface area contributed by atoms with Crippen molar-refractivity contribution in [2.75, 3.05) is 0 Å². The van der Waals surface area contributed by atoms with Crippen molar-refractivity contribution in [2.24, 2.45) is 0 Å². The van der Waals surface area contributed by atoms with Crippen molar-refractivity contribution in [1.29, 1.82) is 0 Å². The van der Waals surface area contributed by atoms with Crippen LogP contribution in [0.25, 0.3) is 0 Å². The number of nitrogens with zero attached hydrogens (tertiary/aromatic N) is 3. The molecule has 1 unspecified atom stereocenters. The number of hydrogen-bond donors (Lipinski definition) is 1. The molecule has 0 bridgehead atoms. The summed E-state index contributed by atoms with van der Waals surface area (Å²) in [5, 5.41) is 14.1. The fraction of sp³-hybridized carbons (Fsp3) is 0.273. The molecule has 0 saturated heterocycles. The summed E-state index contributed by atoms with van der Waals surface area (Å²) in [6, 6.07) is 3.60. The lowest BCUT2D eigenvalue weighted by Crippen LogP contribution is -1.98. The Kier molecular flexibility index (Phi) is 2.78. The molecule has 2 heterocycles. The lowest BCUT2D eigenvalue weighted by atomic mass is 10.1. The summed E-state index contributed by atoms with van der Waals surface area (Å²) in [5.74, 6) is 0. The van der Waals surface area contributed by atoms with E-state index in [1.807, 2.05) is 13.1 Å². The van der Waals surface area contributed by atoms with Crippen LogP contribution in [0.5, 0.6) is 0 Å². The van der Waals surface area contributed by atoms with Gasteiger partial charge in [-0.15, -0.1) is 0 Å². The van der Waals surface area contributed by atoms with Gasteiger partial charge in [-0.25, -0.2) is 0 Å². The van der Waals surface area contributed by atoms with Crippen molar-refractivity contribution in [2.45, 2.75) is 19.6 Å². The van der Waals surface area contributed by atoms with Crippen molar-refractivity contribution >= 4 is 0 Å². The van der Waals surface area contributed by atoms with E-state index in [1.54, 1.807) is 35.4 Å². The zero-order chi connectivity index (χ0) is 10.7. The number of rotatable bonds is 3. The Morgan fingerprint density at radius 2 is 2.07 bits per heavy atom. The molecular weight excluding hydrogens is 190 g/mol. The van der Waals surface area contributed by atoms with Gasteiger partial charge in [0, 0.05) is 30.7 Å². The first kappa shape index (κ1) is 9.86. The summed E-state index contributed by atoms with van der Waals surface area (Å²) in [5.41, 5.74) is 1.64. The monoisotopic (exact) mass is 203 g/mol. The number of aliphatic hydroxyl groups is 1. The van der Waals surface area contributed by atoms with E-state index in [0.717, 1.165) is 17.7 Å². The zero-order valence-corrected chi connectivity index (χ0v) is 8.54. The maximum absolute atomic E-state index is 10.0. The molecule has 0 spiro atoms. The third-order valence-corrected chi connectivity index (χ3v) is 2.31. The van der Waals surface area contributed by atoms with Crippen molar-refractivity contribution in [3.63, 3.8) is 0 Å². The minimum absolute atomic E-state index is 0.617. The van der Waals surface area contributed by atoms with Crippen LogP contribution in [0.15, 0.2) is 36.9 Å². The first-order valence-corrected chi connectivity index (χ1v) is 4.91. The maximum Gasteiger partial charge on any atom is 0.107 e. The van der Waals surface area contributed by atoms with Crippen LogP contribution in [0.1, 0.15) is 24.2 Å². The van der Waals surface area contributed by atoms with E-state index in [2.05, 4.69) is 10.1 Å². The van der Waals surface area contributed by atoms with Gasteiger partial charge in [0.25, 0.3) is 0 Å². The molecule has 15 heavy (non-hydrogen) atoms. The molecule has 0 radical (unpaired) electrons. The summed E-state index contributed by atoms with van der Waals surface area (Å²) >= 11 is 0. The molecule has 2 rings (SSSR count). The molecule has 0 aliphatic rings. The van der Waals surface area contributed by atoms with Gasteiger partial charge in [-0.2, -0.15) is 5.10 Å². The molecule has 4 heteroatoms. The molecule has 78 valence electrons. The zero-order valence-electron chi connectivity index (χ0n) is 8.54. The molecule has 1 atom stereocenters. The number of aromatic nitrogens is 3. The molecule has 0 aliphatic carbocycles. The lowest BCUT2D eigenvalue weighted by Gasteiger charge is -2.07. The summed E-state index contributed by atoms with van der Waals surface area (Å²) in [7, 11) is 0. The molecule has 2 aromatic heterocycles. The lowest BCUT2D eigenvalue weighted by molar-refractivity contribution is 0.220. The van der Waals surface area contributed by atoms with Crippen LogP contribution in [0, 0.1) is 0 Å². The first-order chi connectivity index (χ1) is 7.31. The Labute approximate surface area is 88.2 Å². The minimum atomic E-state index is -0.617. The third-order valence-electron chi connectivity index (χ3n) is 2.31. The number of aryl methyl sites for hydroxylation is 1. The second-order valence-electron chi connectivity index (χ2n) is 3.31. The first-order valence-electron chi connectivity index (χ1n) is 4.91. The molecule has 0 saturated carbocycles. The van der Waals surface area contributed by atoms with Crippen molar-refractivity contribution in [1.82, 2.24) is 14.8 Å². The van der Waals surface area contributed by atoms with Crippen LogP contribution < -0.4 is 0 Å². The topological polar surface area (TPSA) is 50.9 Å². The highest BCUT2D eigenvalue weighted by atomic mass is 16.3. The van der Waals surface area contributed by atoms with Crippen LogP contribution in [0.4, 0.5) is 0 Å². The van der Waals surface area contributed by atoms with Crippen LogP contribution in [0.2, 0.25) is 0 Å². The quantitative estimate of drug-likeness (QED) is 0.819. The van der Waals surface area contributed by atoms with E-state index in [9.17, 15) is 5.11 Å².